The van der Waals surface area contributed by atoms with Gasteiger partial charge in [-0.05, 0) is 64.0 Å². The molecular weight excluding hydrogens is 652 g/mol. The quantitative estimate of drug-likeness (QED) is 0.216. The Hall–Kier alpha value is -5.20. The molecule has 3 aromatic rings. The number of carbonyl (C=O) groups excluding carboxylic acids is 5. The Kier molecular flexibility index (Phi) is 13.7. The summed E-state index contributed by atoms with van der Waals surface area (Å²) in [5, 5.41) is 8.43. The van der Waals surface area contributed by atoms with E-state index in [9.17, 15) is 24.0 Å². The highest BCUT2D eigenvalue weighted by atomic mass is 16.6. The summed E-state index contributed by atoms with van der Waals surface area (Å²) in [6.07, 6.45) is 5.23. The van der Waals surface area contributed by atoms with Crippen LogP contribution in [-0.4, -0.2) is 87.7 Å². The normalized spacial score (nSPS) is 16.3. The van der Waals surface area contributed by atoms with E-state index >= 15 is 0 Å². The number of hydrogen-bond donors (Lipinski definition) is 3. The molecule has 4 atom stereocenters. The lowest BCUT2D eigenvalue weighted by atomic mass is 9.98. The molecule has 0 radical (unpaired) electrons. The maximum absolute atomic E-state index is 14.2. The predicted molar refractivity (Wildman–Crippen MR) is 190 cm³/mol. The van der Waals surface area contributed by atoms with Crippen LogP contribution in [0.5, 0.6) is 0 Å². The van der Waals surface area contributed by atoms with Gasteiger partial charge in [0.2, 0.25) is 17.7 Å². The Morgan fingerprint density at radius 1 is 0.863 bits per heavy atom. The Bertz CT molecular complexity index is 1620. The summed E-state index contributed by atoms with van der Waals surface area (Å²) >= 11 is 0. The third-order valence-electron chi connectivity index (χ3n) is 8.69. The van der Waals surface area contributed by atoms with Crippen LogP contribution in [-0.2, 0) is 55.0 Å². The average molecular weight is 703 g/mol. The van der Waals surface area contributed by atoms with Gasteiger partial charge in [-0.25, -0.2) is 14.6 Å². The first-order valence-electron chi connectivity index (χ1n) is 17.4. The van der Waals surface area contributed by atoms with E-state index < -0.39 is 59.6 Å². The molecule has 3 N–H and O–H groups in total. The van der Waals surface area contributed by atoms with Gasteiger partial charge in [0.1, 0.15) is 29.8 Å². The highest BCUT2D eigenvalue weighted by molar-refractivity contribution is 5.95. The second-order valence-electron chi connectivity index (χ2n) is 13.8. The van der Waals surface area contributed by atoms with Gasteiger partial charge in [-0.3, -0.25) is 14.4 Å². The van der Waals surface area contributed by atoms with Crippen LogP contribution in [0, 0.1) is 0 Å². The van der Waals surface area contributed by atoms with Gasteiger partial charge >= 0.3 is 12.1 Å². The number of likely N-dealkylation sites (tertiary alicyclic amines) is 1. The van der Waals surface area contributed by atoms with Gasteiger partial charge in [0.05, 0.1) is 13.4 Å². The molecule has 0 unspecified atom stereocenters. The van der Waals surface area contributed by atoms with Crippen molar-refractivity contribution in [2.75, 3.05) is 13.7 Å². The number of esters is 1. The molecule has 2 heterocycles. The standard InChI is InChI=1S/C38H50N6O7/c1-38(2,3)51-37(49)42-30(23-28-24-39-25-43(28)4)35(47)44-21-13-12-18-32(44)34(46)40-29(20-19-26-14-8-6-9-15-26)33(45)41-31(36(48)50-5)22-27-16-10-7-11-17-27/h6-11,14-17,24-25,29-32H,12-13,18-23H2,1-5H3,(H,40,46)(H,41,45)(H,42,49)/t29-,30+,31-,32-/m1/s1. The number of alkyl carbamates (subject to hydrolysis) is 1. The van der Waals surface area contributed by atoms with E-state index in [0.717, 1.165) is 11.1 Å². The number of ether oxygens (including phenoxy) is 2. The smallest absolute Gasteiger partial charge is 0.408 e. The van der Waals surface area contributed by atoms with E-state index in [1.807, 2.05) is 60.7 Å². The van der Waals surface area contributed by atoms with Crippen LogP contribution in [0.4, 0.5) is 4.79 Å². The molecule has 1 aliphatic rings. The number of aromatic nitrogens is 2. The summed E-state index contributed by atoms with van der Waals surface area (Å²) in [5.41, 5.74) is 1.71. The molecule has 0 bridgehead atoms. The van der Waals surface area contributed by atoms with Crippen molar-refractivity contribution in [2.45, 2.75) is 95.5 Å². The highest BCUT2D eigenvalue weighted by Gasteiger charge is 2.38. The third-order valence-corrected chi connectivity index (χ3v) is 8.69. The zero-order chi connectivity index (χ0) is 37.0. The maximum atomic E-state index is 14.2. The molecule has 4 rings (SSSR count). The number of amides is 4. The SMILES string of the molecule is COC(=O)[C@@H](Cc1ccccc1)NC(=O)[C@@H](CCc1ccccc1)NC(=O)[C@H]1CCCCN1C(=O)[C@H](Cc1cncn1C)NC(=O)OC(C)(C)C. The number of nitrogens with zero attached hydrogens (tertiary/aromatic N) is 3. The molecule has 274 valence electrons. The molecule has 0 saturated carbocycles. The topological polar surface area (TPSA) is 161 Å². The Balaban J connectivity index is 1.56. The van der Waals surface area contributed by atoms with Gasteiger partial charge in [0.15, 0.2) is 0 Å². The van der Waals surface area contributed by atoms with Crippen molar-refractivity contribution >= 4 is 29.8 Å². The van der Waals surface area contributed by atoms with Gasteiger partial charge in [-0.2, -0.15) is 0 Å². The summed E-state index contributed by atoms with van der Waals surface area (Å²) in [5.74, 6) is -2.09. The summed E-state index contributed by atoms with van der Waals surface area (Å²) in [6.45, 7) is 5.48. The Labute approximate surface area is 299 Å². The third kappa shape index (κ3) is 11.7. The average Bonchev–Trinajstić information content (AvgIpc) is 3.52. The van der Waals surface area contributed by atoms with Crippen molar-refractivity contribution in [1.29, 1.82) is 0 Å². The van der Waals surface area contributed by atoms with Crippen LogP contribution in [0.25, 0.3) is 0 Å². The van der Waals surface area contributed by atoms with Crippen LogP contribution in [0.1, 0.15) is 63.3 Å². The van der Waals surface area contributed by atoms with Crippen molar-refractivity contribution in [3.63, 3.8) is 0 Å². The number of hydrogen-bond acceptors (Lipinski definition) is 8. The van der Waals surface area contributed by atoms with Gasteiger partial charge in [0, 0.05) is 38.3 Å². The zero-order valence-electron chi connectivity index (χ0n) is 30.1. The number of benzene rings is 2. The molecule has 13 heteroatoms. The Morgan fingerprint density at radius 3 is 2.14 bits per heavy atom. The van der Waals surface area contributed by atoms with Crippen molar-refractivity contribution in [3.05, 3.63) is 90.0 Å². The fraction of sp³-hybridized carbons (Fsp3) is 0.474. The summed E-state index contributed by atoms with van der Waals surface area (Å²) in [7, 11) is 3.05. The summed E-state index contributed by atoms with van der Waals surface area (Å²) < 4.78 is 12.2. The molecule has 51 heavy (non-hydrogen) atoms. The first-order chi connectivity index (χ1) is 24.3. The lowest BCUT2D eigenvalue weighted by Crippen LogP contribution is -2.60. The van der Waals surface area contributed by atoms with Crippen molar-refractivity contribution < 1.29 is 33.4 Å². The van der Waals surface area contributed by atoms with Crippen LogP contribution >= 0.6 is 0 Å². The number of methoxy groups -OCH3 is 1. The molecule has 13 nitrogen and oxygen atoms in total. The fourth-order valence-electron chi connectivity index (χ4n) is 6.06. The lowest BCUT2D eigenvalue weighted by molar-refractivity contribution is -0.146. The first kappa shape index (κ1) is 38.6. The monoisotopic (exact) mass is 702 g/mol. The number of piperidine rings is 1. The van der Waals surface area contributed by atoms with E-state index in [-0.39, 0.29) is 25.8 Å². The van der Waals surface area contributed by atoms with Gasteiger partial charge < -0.3 is 34.9 Å². The van der Waals surface area contributed by atoms with E-state index in [1.165, 1.54) is 12.0 Å². The van der Waals surface area contributed by atoms with E-state index in [0.29, 0.717) is 31.4 Å². The Morgan fingerprint density at radius 2 is 1.53 bits per heavy atom. The van der Waals surface area contributed by atoms with Crippen LogP contribution in [0.3, 0.4) is 0 Å². The number of aryl methyl sites for hydroxylation is 2. The molecule has 2 aromatic carbocycles. The minimum absolute atomic E-state index is 0.123. The first-order valence-corrected chi connectivity index (χ1v) is 17.4. The van der Waals surface area contributed by atoms with E-state index in [4.69, 9.17) is 9.47 Å². The lowest BCUT2D eigenvalue weighted by Gasteiger charge is -2.37. The molecule has 1 aliphatic heterocycles. The highest BCUT2D eigenvalue weighted by Crippen LogP contribution is 2.21. The van der Waals surface area contributed by atoms with Crippen molar-refractivity contribution in [3.8, 4) is 0 Å². The molecule has 1 saturated heterocycles. The fourth-order valence-corrected chi connectivity index (χ4v) is 6.06. The van der Waals surface area contributed by atoms with Crippen molar-refractivity contribution in [1.82, 2.24) is 30.4 Å². The van der Waals surface area contributed by atoms with E-state index in [1.54, 1.807) is 44.9 Å². The summed E-state index contributed by atoms with van der Waals surface area (Å²) in [4.78, 5) is 73.5. The van der Waals surface area contributed by atoms with E-state index in [2.05, 4.69) is 20.9 Å². The maximum Gasteiger partial charge on any atom is 0.408 e. The number of rotatable bonds is 14. The second-order valence-corrected chi connectivity index (χ2v) is 13.8. The second kappa shape index (κ2) is 18.2. The zero-order valence-corrected chi connectivity index (χ0v) is 30.1. The van der Waals surface area contributed by atoms with Crippen LogP contribution < -0.4 is 16.0 Å². The van der Waals surface area contributed by atoms with Crippen LogP contribution in [0.2, 0.25) is 0 Å². The minimum Gasteiger partial charge on any atom is -0.467 e. The minimum atomic E-state index is -1.04. The molecule has 1 aromatic heterocycles. The van der Waals surface area contributed by atoms with Gasteiger partial charge in [-0.1, -0.05) is 60.7 Å². The molecular formula is C38H50N6O7. The molecule has 4 amide bonds. The van der Waals surface area contributed by atoms with Gasteiger partial charge in [0.25, 0.3) is 0 Å². The van der Waals surface area contributed by atoms with Gasteiger partial charge in [-0.15, -0.1) is 0 Å². The number of imidazole rings is 1. The summed E-state index contributed by atoms with van der Waals surface area (Å²) in [6, 6.07) is 14.9. The van der Waals surface area contributed by atoms with Crippen LogP contribution in [0.15, 0.2) is 73.2 Å². The number of nitrogens with one attached hydrogen (secondary N) is 3. The van der Waals surface area contributed by atoms with Crippen molar-refractivity contribution in [2.24, 2.45) is 7.05 Å². The largest absolute Gasteiger partial charge is 0.467 e. The molecule has 0 spiro atoms. The number of carbonyl (C=O) groups is 5. The predicted octanol–water partition coefficient (Wildman–Crippen LogP) is 3.26. The molecule has 1 fully saturated rings. The molecule has 0 aliphatic carbocycles.